The number of carbonyl (C=O) groups excluding carboxylic acids is 3. The van der Waals surface area contributed by atoms with Crippen molar-refractivity contribution in [2.45, 2.75) is 58.0 Å². The summed E-state index contributed by atoms with van der Waals surface area (Å²) in [4.78, 5) is 39.5. The SMILES string of the molecule is Cc1cc(C(=O)CN2C(=O)NC(C)(CCc3ccccc3)C2=O)c(C)n1C1CC1. The smallest absolute Gasteiger partial charge is 0.325 e. The molecule has 6 nitrogen and oxygen atoms in total. The van der Waals surface area contributed by atoms with E-state index in [1.807, 2.05) is 50.2 Å². The molecule has 2 aliphatic rings. The fourth-order valence-electron chi connectivity index (χ4n) is 4.28. The van der Waals surface area contributed by atoms with E-state index in [-0.39, 0.29) is 18.2 Å². The number of Topliss-reactive ketones (excluding diaryl/α,β-unsaturated/α-hetero) is 1. The van der Waals surface area contributed by atoms with Crippen LogP contribution in [0.15, 0.2) is 36.4 Å². The molecule has 1 aliphatic carbocycles. The second-order valence-corrected chi connectivity index (χ2v) is 8.45. The summed E-state index contributed by atoms with van der Waals surface area (Å²) in [6.07, 6.45) is 3.43. The summed E-state index contributed by atoms with van der Waals surface area (Å²) in [5, 5.41) is 2.80. The molecule has 29 heavy (non-hydrogen) atoms. The highest BCUT2D eigenvalue weighted by molar-refractivity contribution is 6.11. The number of aryl methyl sites for hydroxylation is 2. The number of urea groups is 1. The average molecular weight is 393 g/mol. The predicted molar refractivity (Wildman–Crippen MR) is 110 cm³/mol. The molecule has 152 valence electrons. The summed E-state index contributed by atoms with van der Waals surface area (Å²) in [5.74, 6) is -0.524. The molecule has 0 bridgehead atoms. The first-order valence-corrected chi connectivity index (χ1v) is 10.2. The van der Waals surface area contributed by atoms with Gasteiger partial charge in [-0.05, 0) is 58.1 Å². The van der Waals surface area contributed by atoms with Crippen LogP contribution in [0.2, 0.25) is 0 Å². The first-order valence-electron chi connectivity index (χ1n) is 10.2. The molecule has 2 aromatic rings. The van der Waals surface area contributed by atoms with E-state index in [0.717, 1.165) is 34.7 Å². The van der Waals surface area contributed by atoms with Crippen LogP contribution in [0.5, 0.6) is 0 Å². The van der Waals surface area contributed by atoms with E-state index < -0.39 is 11.6 Å². The van der Waals surface area contributed by atoms with E-state index in [4.69, 9.17) is 0 Å². The highest BCUT2D eigenvalue weighted by atomic mass is 16.2. The second-order valence-electron chi connectivity index (χ2n) is 8.45. The zero-order valence-electron chi connectivity index (χ0n) is 17.2. The summed E-state index contributed by atoms with van der Waals surface area (Å²) in [5.41, 5.74) is 2.70. The molecule has 6 heteroatoms. The molecule has 1 atom stereocenters. The van der Waals surface area contributed by atoms with Crippen molar-refractivity contribution in [2.75, 3.05) is 6.54 Å². The summed E-state index contributed by atoms with van der Waals surface area (Å²) >= 11 is 0. The van der Waals surface area contributed by atoms with Gasteiger partial charge in [0, 0.05) is 23.0 Å². The fourth-order valence-corrected chi connectivity index (χ4v) is 4.28. The molecule has 1 aliphatic heterocycles. The van der Waals surface area contributed by atoms with Crippen LogP contribution in [-0.2, 0) is 11.2 Å². The van der Waals surface area contributed by atoms with Crippen LogP contribution in [0.1, 0.15) is 59.5 Å². The van der Waals surface area contributed by atoms with Gasteiger partial charge in [0.15, 0.2) is 5.78 Å². The van der Waals surface area contributed by atoms with Crippen LogP contribution in [0.3, 0.4) is 0 Å². The normalized spacial score (nSPS) is 21.6. The predicted octanol–water partition coefficient (Wildman–Crippen LogP) is 3.57. The third-order valence-electron chi connectivity index (χ3n) is 6.10. The van der Waals surface area contributed by atoms with Gasteiger partial charge < -0.3 is 9.88 Å². The summed E-state index contributed by atoms with van der Waals surface area (Å²) in [6, 6.07) is 11.7. The van der Waals surface area contributed by atoms with E-state index in [1.165, 1.54) is 0 Å². The molecule has 4 rings (SSSR count). The molecule has 3 amide bonds. The van der Waals surface area contributed by atoms with Gasteiger partial charge in [-0.3, -0.25) is 14.5 Å². The lowest BCUT2D eigenvalue weighted by atomic mass is 9.93. The fraction of sp³-hybridized carbons (Fsp3) is 0.435. The van der Waals surface area contributed by atoms with E-state index >= 15 is 0 Å². The molecule has 1 N–H and O–H groups in total. The molecule has 1 aromatic heterocycles. The number of carbonyl (C=O) groups is 3. The van der Waals surface area contributed by atoms with Gasteiger partial charge in [0.25, 0.3) is 5.91 Å². The number of aromatic nitrogens is 1. The van der Waals surface area contributed by atoms with Crippen molar-refractivity contribution in [2.24, 2.45) is 0 Å². The Morgan fingerprint density at radius 1 is 1.17 bits per heavy atom. The topological polar surface area (TPSA) is 71.4 Å². The van der Waals surface area contributed by atoms with Crippen LogP contribution in [0, 0.1) is 13.8 Å². The second kappa shape index (κ2) is 7.17. The van der Waals surface area contributed by atoms with Crippen LogP contribution in [0.25, 0.3) is 0 Å². The molecule has 0 radical (unpaired) electrons. The van der Waals surface area contributed by atoms with Crippen LogP contribution < -0.4 is 5.32 Å². The van der Waals surface area contributed by atoms with Gasteiger partial charge in [-0.1, -0.05) is 30.3 Å². The lowest BCUT2D eigenvalue weighted by Crippen LogP contribution is -2.44. The average Bonchev–Trinajstić information content (AvgIpc) is 3.45. The third kappa shape index (κ3) is 3.59. The maximum absolute atomic E-state index is 13.0. The zero-order chi connectivity index (χ0) is 20.8. The third-order valence-corrected chi connectivity index (χ3v) is 6.10. The lowest BCUT2D eigenvalue weighted by Gasteiger charge is -2.21. The van der Waals surface area contributed by atoms with Crippen molar-refractivity contribution in [3.8, 4) is 0 Å². The monoisotopic (exact) mass is 393 g/mol. The highest BCUT2D eigenvalue weighted by Crippen LogP contribution is 2.38. The highest BCUT2D eigenvalue weighted by Gasteiger charge is 2.48. The Kier molecular flexibility index (Phi) is 4.81. The van der Waals surface area contributed by atoms with Gasteiger partial charge in [-0.2, -0.15) is 0 Å². The number of imide groups is 1. The van der Waals surface area contributed by atoms with Gasteiger partial charge >= 0.3 is 6.03 Å². The number of nitrogens with one attached hydrogen (secondary N) is 1. The Balaban J connectivity index is 1.46. The number of hydrogen-bond acceptors (Lipinski definition) is 3. The van der Waals surface area contributed by atoms with Crippen molar-refractivity contribution in [3.05, 3.63) is 58.9 Å². The van der Waals surface area contributed by atoms with Crippen molar-refractivity contribution in [3.63, 3.8) is 0 Å². The van der Waals surface area contributed by atoms with Crippen molar-refractivity contribution < 1.29 is 14.4 Å². The van der Waals surface area contributed by atoms with Gasteiger partial charge in [0.2, 0.25) is 0 Å². The Labute approximate surface area is 170 Å². The maximum atomic E-state index is 13.0. The van der Waals surface area contributed by atoms with Crippen LogP contribution in [0.4, 0.5) is 4.79 Å². The Morgan fingerprint density at radius 2 is 1.86 bits per heavy atom. The van der Waals surface area contributed by atoms with Gasteiger partial charge in [-0.15, -0.1) is 0 Å². The summed E-state index contributed by atoms with van der Waals surface area (Å²) in [6.45, 7) is 5.45. The van der Waals surface area contributed by atoms with Crippen molar-refractivity contribution in [1.82, 2.24) is 14.8 Å². The molecule has 1 saturated carbocycles. The Bertz CT molecular complexity index is 975. The first kappa shape index (κ1) is 19.4. The van der Waals surface area contributed by atoms with Crippen molar-refractivity contribution in [1.29, 1.82) is 0 Å². The minimum Gasteiger partial charge on any atom is -0.345 e. The van der Waals surface area contributed by atoms with Crippen LogP contribution in [-0.4, -0.2) is 39.3 Å². The molecule has 2 fully saturated rings. The molecular weight excluding hydrogens is 366 g/mol. The molecular formula is C23H27N3O3. The van der Waals surface area contributed by atoms with Gasteiger partial charge in [0.1, 0.15) is 5.54 Å². The number of amides is 3. The molecule has 1 aromatic carbocycles. The molecule has 1 unspecified atom stereocenters. The number of hydrogen-bond donors (Lipinski definition) is 1. The van der Waals surface area contributed by atoms with Crippen molar-refractivity contribution >= 4 is 17.7 Å². The first-order chi connectivity index (χ1) is 13.8. The van der Waals surface area contributed by atoms with Gasteiger partial charge in [0.05, 0.1) is 6.54 Å². The Morgan fingerprint density at radius 3 is 2.52 bits per heavy atom. The number of benzene rings is 1. The molecule has 0 spiro atoms. The number of nitrogens with zero attached hydrogens (tertiary/aromatic N) is 2. The van der Waals surface area contributed by atoms with Gasteiger partial charge in [-0.25, -0.2) is 4.79 Å². The summed E-state index contributed by atoms with van der Waals surface area (Å²) in [7, 11) is 0. The maximum Gasteiger partial charge on any atom is 0.325 e. The molecule has 2 heterocycles. The molecule has 1 saturated heterocycles. The minimum absolute atomic E-state index is 0.194. The van der Waals surface area contributed by atoms with E-state index in [9.17, 15) is 14.4 Å². The minimum atomic E-state index is -0.988. The summed E-state index contributed by atoms with van der Waals surface area (Å²) < 4.78 is 2.20. The largest absolute Gasteiger partial charge is 0.345 e. The Hall–Kier alpha value is -2.89. The zero-order valence-corrected chi connectivity index (χ0v) is 17.2. The lowest BCUT2D eigenvalue weighted by molar-refractivity contribution is -0.130. The van der Waals surface area contributed by atoms with E-state index in [1.54, 1.807) is 6.92 Å². The standard InChI is InChI=1S/C23H27N3O3/c1-15-13-19(16(2)26(15)18-9-10-18)20(27)14-25-21(28)23(3,24-22(25)29)12-11-17-7-5-4-6-8-17/h4-8,13,18H,9-12,14H2,1-3H3,(H,24,29). The number of ketones is 1. The number of rotatable bonds is 7. The van der Waals surface area contributed by atoms with E-state index in [2.05, 4.69) is 9.88 Å². The van der Waals surface area contributed by atoms with E-state index in [0.29, 0.717) is 24.4 Å². The quantitative estimate of drug-likeness (QED) is 0.577. The van der Waals surface area contributed by atoms with Crippen LogP contribution >= 0.6 is 0 Å².